The molecule has 1 amide bonds. The molecule has 0 aliphatic rings. The number of rotatable bonds is 6. The molecule has 1 heterocycles. The number of amides is 1. The predicted octanol–water partition coefficient (Wildman–Crippen LogP) is 1.80. The number of methoxy groups -OCH3 is 1. The molecule has 0 aliphatic heterocycles. The number of aromatic nitrogens is 3. The largest absolute Gasteiger partial charge is 0.497 e. The topological polar surface area (TPSA) is 129 Å². The number of hydrogen-bond donors (Lipinski definition) is 3. The minimum atomic E-state index is -0.409. The fraction of sp³-hybridized carbons (Fsp3) is 0.333. The fourth-order valence-corrected chi connectivity index (χ4v) is 2.89. The zero-order valence-corrected chi connectivity index (χ0v) is 14.5. The Morgan fingerprint density at radius 2 is 1.71 bits per heavy atom. The third-order valence-corrected chi connectivity index (χ3v) is 4.51. The van der Waals surface area contributed by atoms with Crippen molar-refractivity contribution in [3.63, 3.8) is 0 Å². The van der Waals surface area contributed by atoms with Crippen molar-refractivity contribution < 1.29 is 9.53 Å². The highest BCUT2D eigenvalue weighted by molar-refractivity contribution is 8.00. The fourth-order valence-electron chi connectivity index (χ4n) is 1.93. The molecular weight excluding hydrogens is 328 g/mol. The summed E-state index contributed by atoms with van der Waals surface area (Å²) in [6, 6.07) is 7.11. The second-order valence-electron chi connectivity index (χ2n) is 5.33. The lowest BCUT2D eigenvalue weighted by Crippen LogP contribution is -2.30. The van der Waals surface area contributed by atoms with Crippen LogP contribution in [0.4, 0.5) is 17.6 Å². The summed E-state index contributed by atoms with van der Waals surface area (Å²) in [5, 5.41) is 2.79. The molecule has 0 bridgehead atoms. The minimum Gasteiger partial charge on any atom is -0.497 e. The molecule has 0 fully saturated rings. The monoisotopic (exact) mass is 348 g/mol. The summed E-state index contributed by atoms with van der Waals surface area (Å²) in [6.45, 7) is 3.89. The first kappa shape index (κ1) is 17.8. The maximum Gasteiger partial charge on any atom is 0.238 e. The number of benzene rings is 1. The molecule has 0 saturated carbocycles. The Morgan fingerprint density at radius 1 is 1.12 bits per heavy atom. The lowest BCUT2D eigenvalue weighted by atomic mass is 10.1. The zero-order chi connectivity index (χ0) is 17.7. The molecule has 8 nitrogen and oxygen atoms in total. The van der Waals surface area contributed by atoms with Crippen molar-refractivity contribution in [3.05, 3.63) is 24.3 Å². The number of nitrogens with zero attached hydrogens (tertiary/aromatic N) is 3. The first-order chi connectivity index (χ1) is 11.4. The molecule has 0 radical (unpaired) electrons. The Hall–Kier alpha value is -2.55. The van der Waals surface area contributed by atoms with Gasteiger partial charge in [-0.2, -0.15) is 15.0 Å². The van der Waals surface area contributed by atoms with Gasteiger partial charge in [-0.1, -0.05) is 25.6 Å². The number of hydrogen-bond acceptors (Lipinski definition) is 8. The second kappa shape index (κ2) is 7.82. The number of carbonyl (C=O) groups is 1. The standard InChI is InChI=1S/C15H20N6O2S/c1-8(2)11(24-15-20-13(16)19-14(17)21-15)12(22)18-9-4-6-10(23-3)7-5-9/h4-8,11H,1-3H3,(H,18,22)(H4,16,17,19,20,21). The lowest BCUT2D eigenvalue weighted by molar-refractivity contribution is -0.116. The number of anilines is 3. The van der Waals surface area contributed by atoms with Gasteiger partial charge in [0, 0.05) is 5.69 Å². The van der Waals surface area contributed by atoms with Gasteiger partial charge in [0.05, 0.1) is 12.4 Å². The second-order valence-corrected chi connectivity index (χ2v) is 6.44. The van der Waals surface area contributed by atoms with Crippen LogP contribution in [0.3, 0.4) is 0 Å². The number of nitrogens with one attached hydrogen (secondary N) is 1. The molecular formula is C15H20N6O2S. The zero-order valence-electron chi connectivity index (χ0n) is 13.7. The van der Waals surface area contributed by atoms with Gasteiger partial charge in [0.1, 0.15) is 5.75 Å². The number of ether oxygens (including phenoxy) is 1. The first-order valence-corrected chi connectivity index (χ1v) is 8.15. The van der Waals surface area contributed by atoms with Crippen LogP contribution < -0.4 is 21.5 Å². The Morgan fingerprint density at radius 3 is 2.21 bits per heavy atom. The van der Waals surface area contributed by atoms with Crippen molar-refractivity contribution in [2.45, 2.75) is 24.3 Å². The molecule has 1 aromatic heterocycles. The molecule has 1 unspecified atom stereocenters. The third-order valence-electron chi connectivity index (χ3n) is 3.10. The van der Waals surface area contributed by atoms with Crippen molar-refractivity contribution in [2.75, 3.05) is 23.9 Å². The van der Waals surface area contributed by atoms with E-state index in [-0.39, 0.29) is 23.7 Å². The van der Waals surface area contributed by atoms with Crippen LogP contribution in [0.1, 0.15) is 13.8 Å². The molecule has 0 spiro atoms. The maximum atomic E-state index is 12.6. The highest BCUT2D eigenvalue weighted by Gasteiger charge is 2.25. The van der Waals surface area contributed by atoms with Crippen molar-refractivity contribution in [3.8, 4) is 5.75 Å². The molecule has 2 aromatic rings. The predicted molar refractivity (Wildman–Crippen MR) is 94.8 cm³/mol. The molecule has 0 saturated heterocycles. The maximum absolute atomic E-state index is 12.6. The van der Waals surface area contributed by atoms with E-state index in [4.69, 9.17) is 16.2 Å². The van der Waals surface area contributed by atoms with E-state index in [9.17, 15) is 4.79 Å². The highest BCUT2D eigenvalue weighted by Crippen LogP contribution is 2.27. The van der Waals surface area contributed by atoms with E-state index in [1.807, 2.05) is 13.8 Å². The van der Waals surface area contributed by atoms with Crippen LogP contribution >= 0.6 is 11.8 Å². The van der Waals surface area contributed by atoms with Crippen LogP contribution in [0.2, 0.25) is 0 Å². The van der Waals surface area contributed by atoms with Gasteiger partial charge in [-0.05, 0) is 30.2 Å². The average molecular weight is 348 g/mol. The lowest BCUT2D eigenvalue weighted by Gasteiger charge is -2.19. The molecule has 9 heteroatoms. The van der Waals surface area contributed by atoms with E-state index < -0.39 is 5.25 Å². The number of carbonyl (C=O) groups excluding carboxylic acids is 1. The first-order valence-electron chi connectivity index (χ1n) is 7.27. The third kappa shape index (κ3) is 4.72. The van der Waals surface area contributed by atoms with Gasteiger partial charge in [0.25, 0.3) is 0 Å². The Kier molecular flexibility index (Phi) is 5.80. The molecule has 1 atom stereocenters. The average Bonchev–Trinajstić information content (AvgIpc) is 2.52. The van der Waals surface area contributed by atoms with Gasteiger partial charge in [0.2, 0.25) is 17.8 Å². The highest BCUT2D eigenvalue weighted by atomic mass is 32.2. The Labute approximate surface area is 144 Å². The molecule has 128 valence electrons. The smallest absolute Gasteiger partial charge is 0.238 e. The van der Waals surface area contributed by atoms with Crippen molar-refractivity contribution in [2.24, 2.45) is 5.92 Å². The van der Waals surface area contributed by atoms with Crippen LogP contribution in [0.5, 0.6) is 5.75 Å². The molecule has 5 N–H and O–H groups in total. The van der Waals surface area contributed by atoms with E-state index in [0.29, 0.717) is 10.8 Å². The Balaban J connectivity index is 2.12. The van der Waals surface area contributed by atoms with Gasteiger partial charge in [-0.3, -0.25) is 4.79 Å². The molecule has 2 rings (SSSR count). The number of nitrogen functional groups attached to an aromatic ring is 2. The summed E-state index contributed by atoms with van der Waals surface area (Å²) in [7, 11) is 1.59. The summed E-state index contributed by atoms with van der Waals surface area (Å²) >= 11 is 1.20. The van der Waals surface area contributed by atoms with E-state index in [0.717, 1.165) is 5.75 Å². The van der Waals surface area contributed by atoms with Gasteiger partial charge >= 0.3 is 0 Å². The molecule has 1 aromatic carbocycles. The van der Waals surface area contributed by atoms with Crippen molar-refractivity contribution in [1.29, 1.82) is 0 Å². The van der Waals surface area contributed by atoms with Gasteiger partial charge in [-0.15, -0.1) is 0 Å². The van der Waals surface area contributed by atoms with Crippen LogP contribution in [0, 0.1) is 5.92 Å². The van der Waals surface area contributed by atoms with Gasteiger partial charge in [0.15, 0.2) is 5.16 Å². The summed E-state index contributed by atoms with van der Waals surface area (Å²) in [4.78, 5) is 24.3. The summed E-state index contributed by atoms with van der Waals surface area (Å²) < 4.78 is 5.10. The Bertz CT molecular complexity index is 687. The summed E-state index contributed by atoms with van der Waals surface area (Å²) in [6.07, 6.45) is 0. The van der Waals surface area contributed by atoms with Gasteiger partial charge in [-0.25, -0.2) is 0 Å². The van der Waals surface area contributed by atoms with Crippen LogP contribution in [-0.2, 0) is 4.79 Å². The van der Waals surface area contributed by atoms with E-state index in [2.05, 4.69) is 20.3 Å². The van der Waals surface area contributed by atoms with Gasteiger partial charge < -0.3 is 21.5 Å². The van der Waals surface area contributed by atoms with E-state index in [1.165, 1.54) is 11.8 Å². The number of thioether (sulfide) groups is 1. The summed E-state index contributed by atoms with van der Waals surface area (Å²) in [5.74, 6) is 0.676. The van der Waals surface area contributed by atoms with E-state index in [1.54, 1.807) is 31.4 Å². The van der Waals surface area contributed by atoms with Crippen molar-refractivity contribution in [1.82, 2.24) is 15.0 Å². The van der Waals surface area contributed by atoms with Crippen LogP contribution in [0.15, 0.2) is 29.4 Å². The summed E-state index contributed by atoms with van der Waals surface area (Å²) in [5.41, 5.74) is 11.8. The molecule has 0 aliphatic carbocycles. The quantitative estimate of drug-likeness (QED) is 0.674. The van der Waals surface area contributed by atoms with Crippen LogP contribution in [0.25, 0.3) is 0 Å². The van der Waals surface area contributed by atoms with Crippen LogP contribution in [-0.4, -0.2) is 33.2 Å². The molecule has 24 heavy (non-hydrogen) atoms. The minimum absolute atomic E-state index is 0.0306. The SMILES string of the molecule is COc1ccc(NC(=O)C(Sc2nc(N)nc(N)n2)C(C)C)cc1. The van der Waals surface area contributed by atoms with E-state index >= 15 is 0 Å². The normalized spacial score (nSPS) is 12.0. The number of nitrogens with two attached hydrogens (primary N) is 2. The van der Waals surface area contributed by atoms with Crippen molar-refractivity contribution >= 4 is 35.3 Å².